The molecule has 0 aromatic heterocycles. The topological polar surface area (TPSA) is 55.1 Å². The Balaban J connectivity index is 2.38. The third-order valence-electron chi connectivity index (χ3n) is 1.57. The highest BCUT2D eigenvalue weighted by atomic mass is 16.2. The predicted octanol–water partition coefficient (Wildman–Crippen LogP) is 1.11. The van der Waals surface area contributed by atoms with E-state index in [2.05, 4.69) is 5.32 Å². The zero-order valence-electron chi connectivity index (χ0n) is 5.89. The van der Waals surface area contributed by atoms with E-state index in [9.17, 15) is 4.79 Å². The first-order valence-electron chi connectivity index (χ1n) is 3.54. The third-order valence-corrected chi connectivity index (χ3v) is 1.57. The molecular formula is C7H12N2O. The quantitative estimate of drug-likeness (QED) is 0.563. The molecule has 0 heterocycles. The third kappa shape index (κ3) is 2.09. The van der Waals surface area contributed by atoms with Crippen LogP contribution in [0.25, 0.3) is 0 Å². The fraction of sp³-hybridized carbons (Fsp3) is 0.571. The average Bonchev–Trinajstić information content (AvgIpc) is 1.88. The fourth-order valence-corrected chi connectivity index (χ4v) is 1.11. The van der Waals surface area contributed by atoms with Gasteiger partial charge >= 0.3 is 6.03 Å². The lowest BCUT2D eigenvalue weighted by Crippen LogP contribution is -2.29. The van der Waals surface area contributed by atoms with Gasteiger partial charge in [-0.15, -0.1) is 0 Å². The highest BCUT2D eigenvalue weighted by Gasteiger charge is 2.03. The number of carbonyl (C=O) groups excluding carboxylic acids is 1. The van der Waals surface area contributed by atoms with Gasteiger partial charge in [-0.05, 0) is 25.7 Å². The molecule has 1 aliphatic rings. The van der Waals surface area contributed by atoms with Crippen molar-refractivity contribution < 1.29 is 4.79 Å². The van der Waals surface area contributed by atoms with E-state index in [0.29, 0.717) is 0 Å². The molecule has 3 nitrogen and oxygen atoms in total. The van der Waals surface area contributed by atoms with Crippen molar-refractivity contribution in [2.75, 3.05) is 0 Å². The Labute approximate surface area is 60.3 Å². The van der Waals surface area contributed by atoms with Gasteiger partial charge in [0, 0.05) is 5.70 Å². The Hall–Kier alpha value is -0.990. The van der Waals surface area contributed by atoms with E-state index in [1.165, 1.54) is 6.42 Å². The maximum Gasteiger partial charge on any atom is 0.316 e. The summed E-state index contributed by atoms with van der Waals surface area (Å²) in [6.45, 7) is 0. The molecule has 0 saturated carbocycles. The lowest BCUT2D eigenvalue weighted by atomic mass is 10.1. The molecule has 56 valence electrons. The van der Waals surface area contributed by atoms with E-state index >= 15 is 0 Å². The minimum absolute atomic E-state index is 0.451. The van der Waals surface area contributed by atoms with Crippen LogP contribution in [0.4, 0.5) is 4.79 Å². The van der Waals surface area contributed by atoms with Crippen molar-refractivity contribution in [3.05, 3.63) is 11.8 Å². The van der Waals surface area contributed by atoms with Gasteiger partial charge in [0.05, 0.1) is 0 Å². The molecule has 0 aliphatic heterocycles. The van der Waals surface area contributed by atoms with Gasteiger partial charge in [0.25, 0.3) is 0 Å². The zero-order valence-corrected chi connectivity index (χ0v) is 5.89. The van der Waals surface area contributed by atoms with Crippen molar-refractivity contribution in [3.63, 3.8) is 0 Å². The first-order valence-corrected chi connectivity index (χ1v) is 3.54. The Kier molecular flexibility index (Phi) is 2.31. The monoisotopic (exact) mass is 140 g/mol. The van der Waals surface area contributed by atoms with Crippen molar-refractivity contribution >= 4 is 6.03 Å². The number of hydrogen-bond acceptors (Lipinski definition) is 1. The summed E-state index contributed by atoms with van der Waals surface area (Å²) in [7, 11) is 0. The van der Waals surface area contributed by atoms with E-state index in [0.717, 1.165) is 25.0 Å². The van der Waals surface area contributed by atoms with Crippen LogP contribution in [0.15, 0.2) is 11.8 Å². The van der Waals surface area contributed by atoms with Gasteiger partial charge in [-0.3, -0.25) is 0 Å². The van der Waals surface area contributed by atoms with Crippen molar-refractivity contribution in [2.24, 2.45) is 5.73 Å². The van der Waals surface area contributed by atoms with Gasteiger partial charge < -0.3 is 11.1 Å². The number of allylic oxidation sites excluding steroid dienone is 2. The normalized spacial score (nSPS) is 17.8. The Bertz CT molecular complexity index is 163. The molecule has 0 spiro atoms. The lowest BCUT2D eigenvalue weighted by molar-refractivity contribution is 0.250. The van der Waals surface area contributed by atoms with Crippen LogP contribution in [-0.2, 0) is 0 Å². The molecular weight excluding hydrogens is 128 g/mol. The van der Waals surface area contributed by atoms with Crippen LogP contribution in [0.3, 0.4) is 0 Å². The van der Waals surface area contributed by atoms with Gasteiger partial charge in [-0.2, -0.15) is 0 Å². The number of rotatable bonds is 1. The maximum absolute atomic E-state index is 10.3. The smallest absolute Gasteiger partial charge is 0.316 e. The van der Waals surface area contributed by atoms with E-state index in [-0.39, 0.29) is 0 Å². The van der Waals surface area contributed by atoms with Crippen LogP contribution in [0.5, 0.6) is 0 Å². The number of primary amides is 1. The van der Waals surface area contributed by atoms with Crippen molar-refractivity contribution in [2.45, 2.75) is 25.7 Å². The van der Waals surface area contributed by atoms with E-state index in [1.807, 2.05) is 6.08 Å². The molecule has 1 aliphatic carbocycles. The van der Waals surface area contributed by atoms with Gasteiger partial charge in [-0.25, -0.2) is 4.79 Å². The number of nitrogens with one attached hydrogen (secondary N) is 1. The summed E-state index contributed by atoms with van der Waals surface area (Å²) in [5.41, 5.74) is 5.92. The number of carbonyl (C=O) groups is 1. The second-order valence-electron chi connectivity index (χ2n) is 2.46. The largest absolute Gasteiger partial charge is 0.351 e. The molecule has 0 fully saturated rings. The fourth-order valence-electron chi connectivity index (χ4n) is 1.11. The van der Waals surface area contributed by atoms with Crippen LogP contribution in [0, 0.1) is 0 Å². The Morgan fingerprint density at radius 3 is 2.90 bits per heavy atom. The van der Waals surface area contributed by atoms with Gasteiger partial charge in [0.1, 0.15) is 0 Å². The van der Waals surface area contributed by atoms with Crippen LogP contribution in [-0.4, -0.2) is 6.03 Å². The summed E-state index contributed by atoms with van der Waals surface area (Å²) in [5, 5.41) is 2.58. The van der Waals surface area contributed by atoms with Crippen LogP contribution >= 0.6 is 0 Å². The molecule has 0 radical (unpaired) electrons. The Morgan fingerprint density at radius 2 is 2.40 bits per heavy atom. The summed E-state index contributed by atoms with van der Waals surface area (Å²) in [5.74, 6) is 0. The second kappa shape index (κ2) is 3.25. The van der Waals surface area contributed by atoms with Crippen LogP contribution in [0.1, 0.15) is 25.7 Å². The molecule has 2 amide bonds. The predicted molar refractivity (Wildman–Crippen MR) is 39.3 cm³/mol. The standard InChI is InChI=1S/C7H12N2O/c8-7(10)9-6-4-2-1-3-5-6/h4H,1-3,5H2,(H3,8,9,10). The molecule has 3 N–H and O–H groups in total. The minimum Gasteiger partial charge on any atom is -0.351 e. The lowest BCUT2D eigenvalue weighted by Gasteiger charge is -2.11. The summed E-state index contributed by atoms with van der Waals surface area (Å²) in [6.07, 6.45) is 6.45. The molecule has 1 rings (SSSR count). The SMILES string of the molecule is NC(=O)NC1=CCCCC1. The summed E-state index contributed by atoms with van der Waals surface area (Å²) < 4.78 is 0. The first kappa shape index (κ1) is 7.12. The molecule has 0 aromatic rings. The minimum atomic E-state index is -0.451. The summed E-state index contributed by atoms with van der Waals surface area (Å²) in [4.78, 5) is 10.3. The maximum atomic E-state index is 10.3. The molecule has 0 atom stereocenters. The van der Waals surface area contributed by atoms with Crippen LogP contribution in [0.2, 0.25) is 0 Å². The number of amides is 2. The Morgan fingerprint density at radius 1 is 1.60 bits per heavy atom. The van der Waals surface area contributed by atoms with Crippen LogP contribution < -0.4 is 11.1 Å². The van der Waals surface area contributed by atoms with Crippen molar-refractivity contribution in [1.82, 2.24) is 5.32 Å². The highest BCUT2D eigenvalue weighted by molar-refractivity contribution is 5.73. The molecule has 0 saturated heterocycles. The number of urea groups is 1. The van der Waals surface area contributed by atoms with Crippen molar-refractivity contribution in [3.8, 4) is 0 Å². The van der Waals surface area contributed by atoms with E-state index < -0.39 is 6.03 Å². The molecule has 3 heteroatoms. The highest BCUT2D eigenvalue weighted by Crippen LogP contribution is 2.14. The molecule has 0 bridgehead atoms. The van der Waals surface area contributed by atoms with Gasteiger partial charge in [-0.1, -0.05) is 6.08 Å². The van der Waals surface area contributed by atoms with E-state index in [4.69, 9.17) is 5.73 Å². The molecule has 10 heavy (non-hydrogen) atoms. The first-order chi connectivity index (χ1) is 4.79. The average molecular weight is 140 g/mol. The molecule has 0 unspecified atom stereocenters. The van der Waals surface area contributed by atoms with E-state index in [1.54, 1.807) is 0 Å². The zero-order chi connectivity index (χ0) is 7.40. The molecule has 0 aromatic carbocycles. The second-order valence-corrected chi connectivity index (χ2v) is 2.46. The summed E-state index contributed by atoms with van der Waals surface area (Å²) in [6, 6.07) is -0.451. The van der Waals surface area contributed by atoms with Gasteiger partial charge in [0.15, 0.2) is 0 Å². The van der Waals surface area contributed by atoms with Crippen molar-refractivity contribution in [1.29, 1.82) is 0 Å². The summed E-state index contributed by atoms with van der Waals surface area (Å²) >= 11 is 0. The number of nitrogens with two attached hydrogens (primary N) is 1. The van der Waals surface area contributed by atoms with Gasteiger partial charge in [0.2, 0.25) is 0 Å². The number of hydrogen-bond donors (Lipinski definition) is 2.